The van der Waals surface area contributed by atoms with Crippen molar-refractivity contribution in [1.29, 1.82) is 0 Å². The second kappa shape index (κ2) is 15.1. The van der Waals surface area contributed by atoms with Gasteiger partial charge >= 0.3 is 0 Å². The van der Waals surface area contributed by atoms with Crippen molar-refractivity contribution in [2.45, 2.75) is 26.6 Å². The van der Waals surface area contributed by atoms with Gasteiger partial charge in [0.05, 0.1) is 8.07 Å². The Balaban J connectivity index is 0.000000204. The number of benzene rings is 5. The number of hydrogen-bond acceptors (Lipinski definition) is 3. The molecule has 0 aliphatic carbocycles. The van der Waals surface area contributed by atoms with E-state index < -0.39 is 8.07 Å². The van der Waals surface area contributed by atoms with Crippen LogP contribution in [0.4, 0.5) is 4.39 Å². The molecule has 0 spiro atoms. The second-order valence-corrected chi connectivity index (χ2v) is 19.3. The Morgan fingerprint density at radius 1 is 0.620 bits per heavy atom. The Hall–Kier alpha value is -4.58. The van der Waals surface area contributed by atoms with Gasteiger partial charge in [0.1, 0.15) is 5.82 Å². The van der Waals surface area contributed by atoms with Gasteiger partial charge in [0.25, 0.3) is 0 Å². The summed E-state index contributed by atoms with van der Waals surface area (Å²) in [5, 5.41) is 3.86. The molecule has 0 amide bonds. The molecule has 2 nitrogen and oxygen atoms in total. The summed E-state index contributed by atoms with van der Waals surface area (Å²) in [5.74, 6) is -0.218. The molecule has 249 valence electrons. The van der Waals surface area contributed by atoms with Gasteiger partial charge in [-0.15, -0.1) is 59.7 Å². The van der Waals surface area contributed by atoms with Gasteiger partial charge in [-0.25, -0.2) is 4.39 Å². The van der Waals surface area contributed by atoms with E-state index in [4.69, 9.17) is 0 Å². The topological polar surface area (TPSA) is 25.8 Å². The van der Waals surface area contributed by atoms with Crippen molar-refractivity contribution < 1.29 is 24.5 Å². The van der Waals surface area contributed by atoms with Crippen LogP contribution < -0.4 is 5.19 Å². The summed E-state index contributed by atoms with van der Waals surface area (Å²) in [6.45, 7) is 9.24. The number of pyridine rings is 2. The molecule has 5 aromatic carbocycles. The quantitative estimate of drug-likeness (QED) is 0.127. The van der Waals surface area contributed by atoms with Gasteiger partial charge in [0.2, 0.25) is 0 Å². The standard InChI is InChI=1S/C29H17FNS.C15H18NSi.Ir/c30-24-10-6-20(7-11-24)21-8-12-25-26-16-23(9-13-28(26)32-29(25)18-21)27-17-22(14-15-31-27)19-4-2-1-3-5-19;1-12-10-14(13-8-6-5-7-9-13)16-11-15(12)17(2,3)4;/h1-8,10-18H;5-8,10-11H,1-4H3;/q2*-1;. The normalized spacial score (nSPS) is 11.1. The molecule has 0 atom stereocenters. The number of aryl methyl sites for hydroxylation is 1. The van der Waals surface area contributed by atoms with Crippen LogP contribution in [-0.4, -0.2) is 18.0 Å². The first-order chi connectivity index (χ1) is 23.7. The van der Waals surface area contributed by atoms with Crippen molar-refractivity contribution >= 4 is 44.8 Å². The predicted molar refractivity (Wildman–Crippen MR) is 208 cm³/mol. The summed E-state index contributed by atoms with van der Waals surface area (Å²) >= 11 is 1.75. The van der Waals surface area contributed by atoms with Gasteiger partial charge < -0.3 is 9.97 Å². The van der Waals surface area contributed by atoms with Crippen LogP contribution in [0.25, 0.3) is 64.9 Å². The maximum Gasteiger partial charge on any atom is 0.123 e. The Morgan fingerprint density at radius 2 is 1.32 bits per heavy atom. The molecule has 0 aliphatic heterocycles. The number of rotatable bonds is 5. The first kappa shape index (κ1) is 35.2. The van der Waals surface area contributed by atoms with E-state index in [9.17, 15) is 4.39 Å². The third kappa shape index (κ3) is 7.75. The Bertz CT molecular complexity index is 2390. The Kier molecular flexibility index (Phi) is 10.7. The van der Waals surface area contributed by atoms with Crippen molar-refractivity contribution in [3.63, 3.8) is 0 Å². The summed E-state index contributed by atoms with van der Waals surface area (Å²) < 4.78 is 15.7. The molecule has 6 heteroatoms. The van der Waals surface area contributed by atoms with Gasteiger partial charge in [-0.3, -0.25) is 0 Å². The van der Waals surface area contributed by atoms with Crippen molar-refractivity contribution in [1.82, 2.24) is 9.97 Å². The SMILES string of the molecule is Cc1cc(-c2[c-]cccc2)ncc1[Si](C)(C)C.Fc1ccc(-c2ccc3c(c2)sc2c[c-]c(-c4cc(-c5ccccc5)ccn4)cc23)cc1.[Ir]. The van der Waals surface area contributed by atoms with Gasteiger partial charge in [-0.2, -0.15) is 11.3 Å². The molecular formula is C44H35FIrN2SSi-2. The molecule has 8 rings (SSSR count). The largest absolute Gasteiger partial charge is 0.305 e. The molecule has 50 heavy (non-hydrogen) atoms. The molecule has 1 radical (unpaired) electrons. The molecular weight excluding hydrogens is 828 g/mol. The van der Waals surface area contributed by atoms with Crippen LogP contribution in [0.3, 0.4) is 0 Å². The van der Waals surface area contributed by atoms with Crippen molar-refractivity contribution in [2.75, 3.05) is 0 Å². The van der Waals surface area contributed by atoms with Crippen molar-refractivity contribution in [3.05, 3.63) is 163 Å². The molecule has 0 saturated carbocycles. The minimum atomic E-state index is -1.27. The maximum absolute atomic E-state index is 13.3. The summed E-state index contributed by atoms with van der Waals surface area (Å²) in [4.78, 5) is 9.19. The van der Waals surface area contributed by atoms with Crippen LogP contribution >= 0.6 is 11.3 Å². The second-order valence-electron chi connectivity index (χ2n) is 13.2. The van der Waals surface area contributed by atoms with E-state index in [1.807, 2.05) is 60.8 Å². The van der Waals surface area contributed by atoms with Crippen molar-refractivity contribution in [3.8, 4) is 44.8 Å². The molecule has 3 aromatic heterocycles. The van der Waals surface area contributed by atoms with Crippen molar-refractivity contribution in [2.24, 2.45) is 0 Å². The zero-order chi connectivity index (χ0) is 34.0. The van der Waals surface area contributed by atoms with Gasteiger partial charge in [-0.1, -0.05) is 97.3 Å². The summed E-state index contributed by atoms with van der Waals surface area (Å²) in [5.41, 5.74) is 9.75. The molecule has 0 saturated heterocycles. The Morgan fingerprint density at radius 3 is 2.04 bits per heavy atom. The van der Waals surface area contributed by atoms with Crippen LogP contribution in [0.5, 0.6) is 0 Å². The zero-order valence-electron chi connectivity index (χ0n) is 28.3. The monoisotopic (exact) mass is 863 g/mol. The fraction of sp³-hybridized carbons (Fsp3) is 0.0909. The van der Waals surface area contributed by atoms with E-state index in [-0.39, 0.29) is 25.9 Å². The van der Waals surface area contributed by atoms with Crippen LogP contribution in [0.15, 0.2) is 140 Å². The number of hydrogen-bond donors (Lipinski definition) is 0. The number of halogens is 1. The van der Waals surface area contributed by atoms with E-state index in [0.29, 0.717) is 0 Å². The maximum atomic E-state index is 13.3. The molecule has 0 unspecified atom stereocenters. The number of fused-ring (bicyclic) bond motifs is 3. The first-order valence-corrected chi connectivity index (χ1v) is 20.6. The third-order valence-electron chi connectivity index (χ3n) is 8.63. The molecule has 0 aliphatic rings. The smallest absolute Gasteiger partial charge is 0.123 e. The molecule has 0 bridgehead atoms. The average molecular weight is 863 g/mol. The van der Waals surface area contributed by atoms with E-state index in [0.717, 1.165) is 39.2 Å². The third-order valence-corrected chi connectivity index (χ3v) is 11.9. The van der Waals surface area contributed by atoms with Crippen LogP contribution in [-0.2, 0) is 20.1 Å². The molecule has 8 aromatic rings. The van der Waals surface area contributed by atoms with E-state index in [1.54, 1.807) is 11.3 Å². The van der Waals surface area contributed by atoms with E-state index in [1.165, 1.54) is 48.6 Å². The van der Waals surface area contributed by atoms with Crippen LogP contribution in [0, 0.1) is 24.9 Å². The van der Waals surface area contributed by atoms with Crippen LogP contribution in [0.1, 0.15) is 5.56 Å². The number of aromatic nitrogens is 2. The average Bonchev–Trinajstić information content (AvgIpc) is 3.50. The molecule has 0 N–H and O–H groups in total. The zero-order valence-corrected chi connectivity index (χ0v) is 32.5. The fourth-order valence-corrected chi connectivity index (χ4v) is 8.93. The number of nitrogens with zero attached hydrogens (tertiary/aromatic N) is 2. The molecule has 3 heterocycles. The molecule has 0 fully saturated rings. The summed E-state index contributed by atoms with van der Waals surface area (Å²) in [6, 6.07) is 48.6. The minimum Gasteiger partial charge on any atom is -0.305 e. The fourth-order valence-electron chi connectivity index (χ4n) is 6.12. The van der Waals surface area contributed by atoms with Crippen LogP contribution in [0.2, 0.25) is 19.6 Å². The first-order valence-electron chi connectivity index (χ1n) is 16.3. The van der Waals surface area contributed by atoms with Gasteiger partial charge in [-0.05, 0) is 80.1 Å². The summed E-state index contributed by atoms with van der Waals surface area (Å²) in [7, 11) is -1.27. The number of thiophene rings is 1. The predicted octanol–water partition coefficient (Wildman–Crippen LogP) is 11.8. The van der Waals surface area contributed by atoms with Gasteiger partial charge in [0, 0.05) is 37.2 Å². The Labute approximate surface area is 312 Å². The van der Waals surface area contributed by atoms with E-state index >= 15 is 0 Å². The summed E-state index contributed by atoms with van der Waals surface area (Å²) in [6.07, 6.45) is 3.91. The van der Waals surface area contributed by atoms with E-state index in [2.05, 4.69) is 116 Å². The van der Waals surface area contributed by atoms with Gasteiger partial charge in [0.15, 0.2) is 0 Å². The minimum absolute atomic E-state index is 0.